The van der Waals surface area contributed by atoms with Crippen molar-refractivity contribution in [1.29, 1.82) is 0 Å². The normalized spacial score (nSPS) is 14.6. The molecule has 2 rings (SSSR count). The lowest BCUT2D eigenvalue weighted by Gasteiger charge is -2.16. The van der Waals surface area contributed by atoms with Crippen molar-refractivity contribution in [2.24, 2.45) is 5.73 Å². The zero-order chi connectivity index (χ0) is 13.1. The summed E-state index contributed by atoms with van der Waals surface area (Å²) in [5, 5.41) is 1.06. The summed E-state index contributed by atoms with van der Waals surface area (Å²) in [7, 11) is 1.82. The van der Waals surface area contributed by atoms with Crippen molar-refractivity contribution in [2.45, 2.75) is 51.6 Å². The Bertz CT molecular complexity index is 414. The zero-order valence-electron chi connectivity index (χ0n) is 11.9. The molecule has 0 radical (unpaired) electrons. The van der Waals surface area contributed by atoms with Crippen LogP contribution in [0.25, 0.3) is 0 Å². The third-order valence-electron chi connectivity index (χ3n) is 3.18. The summed E-state index contributed by atoms with van der Waals surface area (Å²) in [6.07, 6.45) is 5.18. The number of fused-ring (bicyclic) bond motifs is 1. The predicted molar refractivity (Wildman–Crippen MR) is 88.0 cm³/mol. The fraction of sp³-hybridized carbons (Fsp3) is 0.692. The number of carbonyl (C=O) groups excluding carboxylic acids is 1. The van der Waals surface area contributed by atoms with Gasteiger partial charge >= 0.3 is 0 Å². The molecule has 20 heavy (non-hydrogen) atoms. The number of hydrogen-bond donors (Lipinski definition) is 1. The summed E-state index contributed by atoms with van der Waals surface area (Å²) in [6.45, 7) is 2.47. The molecule has 1 aromatic heterocycles. The maximum atomic E-state index is 11.8. The third-order valence-corrected chi connectivity index (χ3v) is 4.33. The molecule has 0 aromatic carbocycles. The molecule has 0 saturated heterocycles. The number of rotatable bonds is 4. The largest absolute Gasteiger partial charge is 0.339 e. The van der Waals surface area contributed by atoms with Gasteiger partial charge in [0.05, 0.1) is 12.2 Å². The Hall–Kier alpha value is -0.360. The fourth-order valence-electron chi connectivity index (χ4n) is 2.20. The topological polar surface area (TPSA) is 59.2 Å². The van der Waals surface area contributed by atoms with Crippen LogP contribution in [0.3, 0.4) is 0 Å². The van der Waals surface area contributed by atoms with Gasteiger partial charge in [-0.1, -0.05) is 0 Å². The molecule has 2 N–H and O–H groups in total. The summed E-state index contributed by atoms with van der Waals surface area (Å²) in [5.74, 6) is 0.0955. The molecule has 0 spiro atoms. The first kappa shape index (κ1) is 19.6. The standard InChI is InChI=1S/C13H21N3OS.2ClH/c1-9(14)7-13(17)16(2)8-12-15-10-5-3-4-6-11(10)18-12;;/h9H,3-8,14H2,1-2H3;2*1H. The monoisotopic (exact) mass is 339 g/mol. The van der Waals surface area contributed by atoms with Gasteiger partial charge in [0, 0.05) is 24.4 Å². The summed E-state index contributed by atoms with van der Waals surface area (Å²) >= 11 is 1.76. The van der Waals surface area contributed by atoms with Gasteiger partial charge in [0.2, 0.25) is 5.91 Å². The first-order chi connectivity index (χ1) is 8.56. The minimum Gasteiger partial charge on any atom is -0.339 e. The summed E-state index contributed by atoms with van der Waals surface area (Å²) in [5.41, 5.74) is 6.90. The number of nitrogens with zero attached hydrogens (tertiary/aromatic N) is 2. The molecule has 7 heteroatoms. The van der Waals surface area contributed by atoms with E-state index in [1.807, 2.05) is 14.0 Å². The third kappa shape index (κ3) is 5.20. The van der Waals surface area contributed by atoms with Gasteiger partial charge in [0.1, 0.15) is 5.01 Å². The first-order valence-corrected chi connectivity index (χ1v) is 7.35. The SMILES string of the molecule is CC(N)CC(=O)N(C)Cc1nc2c(s1)CCCC2.Cl.Cl. The number of thiazole rings is 1. The lowest BCUT2D eigenvalue weighted by Crippen LogP contribution is -2.31. The van der Waals surface area contributed by atoms with Crippen LogP contribution in [0.1, 0.15) is 41.8 Å². The van der Waals surface area contributed by atoms with Crippen LogP contribution in [-0.2, 0) is 24.2 Å². The molecule has 116 valence electrons. The van der Waals surface area contributed by atoms with Crippen LogP contribution in [0.4, 0.5) is 0 Å². The number of hydrogen-bond acceptors (Lipinski definition) is 4. The second kappa shape index (κ2) is 8.82. The van der Waals surface area contributed by atoms with E-state index < -0.39 is 0 Å². The van der Waals surface area contributed by atoms with Crippen molar-refractivity contribution < 1.29 is 4.79 Å². The van der Waals surface area contributed by atoms with E-state index in [1.54, 1.807) is 16.2 Å². The van der Waals surface area contributed by atoms with Crippen molar-refractivity contribution in [3.63, 3.8) is 0 Å². The molecule has 1 aromatic rings. The molecular weight excluding hydrogens is 317 g/mol. The van der Waals surface area contributed by atoms with Crippen molar-refractivity contribution in [2.75, 3.05) is 7.05 Å². The van der Waals surface area contributed by atoms with Crippen LogP contribution in [0.15, 0.2) is 0 Å². The van der Waals surface area contributed by atoms with Gasteiger partial charge in [-0.25, -0.2) is 4.98 Å². The number of amides is 1. The second-order valence-electron chi connectivity index (χ2n) is 5.12. The van der Waals surface area contributed by atoms with Crippen molar-refractivity contribution >= 4 is 42.1 Å². The molecule has 1 aliphatic rings. The van der Waals surface area contributed by atoms with E-state index in [1.165, 1.54) is 23.4 Å². The van der Waals surface area contributed by atoms with E-state index >= 15 is 0 Å². The van der Waals surface area contributed by atoms with Crippen molar-refractivity contribution in [3.05, 3.63) is 15.6 Å². The van der Waals surface area contributed by atoms with Crippen LogP contribution in [0.5, 0.6) is 0 Å². The van der Waals surface area contributed by atoms with E-state index in [0.29, 0.717) is 13.0 Å². The lowest BCUT2D eigenvalue weighted by molar-refractivity contribution is -0.130. The average Bonchev–Trinajstić information content (AvgIpc) is 2.69. The maximum Gasteiger partial charge on any atom is 0.224 e. The summed E-state index contributed by atoms with van der Waals surface area (Å²) in [4.78, 5) is 19.6. The number of aromatic nitrogens is 1. The smallest absolute Gasteiger partial charge is 0.224 e. The van der Waals surface area contributed by atoms with Crippen LogP contribution in [-0.4, -0.2) is 28.9 Å². The van der Waals surface area contributed by atoms with Crippen LogP contribution in [0.2, 0.25) is 0 Å². The minimum atomic E-state index is -0.0792. The van der Waals surface area contributed by atoms with Crippen molar-refractivity contribution in [1.82, 2.24) is 9.88 Å². The number of aryl methyl sites for hydroxylation is 2. The van der Waals surface area contributed by atoms with Gasteiger partial charge < -0.3 is 10.6 Å². The van der Waals surface area contributed by atoms with Gasteiger partial charge in [-0.3, -0.25) is 4.79 Å². The maximum absolute atomic E-state index is 11.8. The summed E-state index contributed by atoms with van der Waals surface area (Å²) in [6, 6.07) is -0.0792. The molecule has 1 atom stereocenters. The van der Waals surface area contributed by atoms with Gasteiger partial charge in [-0.05, 0) is 32.6 Å². The molecule has 0 saturated carbocycles. The molecular formula is C13H23Cl2N3OS. The highest BCUT2D eigenvalue weighted by atomic mass is 35.5. The molecule has 4 nitrogen and oxygen atoms in total. The highest BCUT2D eigenvalue weighted by Gasteiger charge is 2.17. The van der Waals surface area contributed by atoms with E-state index in [2.05, 4.69) is 4.98 Å². The number of carbonyl (C=O) groups is 1. The summed E-state index contributed by atoms with van der Waals surface area (Å²) < 4.78 is 0. The van der Waals surface area contributed by atoms with E-state index in [0.717, 1.165) is 17.8 Å². The van der Waals surface area contributed by atoms with Gasteiger partial charge in [0.15, 0.2) is 0 Å². The Morgan fingerprint density at radius 3 is 2.65 bits per heavy atom. The van der Waals surface area contributed by atoms with E-state index in [-0.39, 0.29) is 36.8 Å². The lowest BCUT2D eigenvalue weighted by atomic mass is 10.0. The quantitative estimate of drug-likeness (QED) is 0.916. The predicted octanol–water partition coefficient (Wildman–Crippen LogP) is 2.56. The fourth-order valence-corrected chi connectivity index (χ4v) is 3.41. The molecule has 1 heterocycles. The number of halogens is 2. The highest BCUT2D eigenvalue weighted by molar-refractivity contribution is 7.11. The molecule has 1 amide bonds. The van der Waals surface area contributed by atoms with Gasteiger partial charge in [-0.2, -0.15) is 0 Å². The number of nitrogens with two attached hydrogens (primary N) is 1. The highest BCUT2D eigenvalue weighted by Crippen LogP contribution is 2.27. The Morgan fingerprint density at radius 1 is 1.40 bits per heavy atom. The second-order valence-corrected chi connectivity index (χ2v) is 6.28. The van der Waals surface area contributed by atoms with E-state index in [4.69, 9.17) is 5.73 Å². The Morgan fingerprint density at radius 2 is 2.05 bits per heavy atom. The Labute approximate surface area is 137 Å². The van der Waals surface area contributed by atoms with Crippen LogP contribution < -0.4 is 5.73 Å². The van der Waals surface area contributed by atoms with Crippen LogP contribution >= 0.6 is 36.2 Å². The molecule has 0 aliphatic heterocycles. The molecule has 0 fully saturated rings. The van der Waals surface area contributed by atoms with Crippen LogP contribution in [0, 0.1) is 0 Å². The molecule has 0 bridgehead atoms. The average molecular weight is 340 g/mol. The first-order valence-electron chi connectivity index (χ1n) is 6.53. The minimum absolute atomic E-state index is 0. The Balaban J connectivity index is 0.00000180. The zero-order valence-corrected chi connectivity index (χ0v) is 14.4. The molecule has 1 unspecified atom stereocenters. The Kier molecular flexibility index (Phi) is 8.66. The van der Waals surface area contributed by atoms with Gasteiger partial charge in [-0.15, -0.1) is 36.2 Å². The van der Waals surface area contributed by atoms with Gasteiger partial charge in [0.25, 0.3) is 0 Å². The van der Waals surface area contributed by atoms with E-state index in [9.17, 15) is 4.79 Å². The molecule has 1 aliphatic carbocycles. The van der Waals surface area contributed by atoms with Crippen molar-refractivity contribution in [3.8, 4) is 0 Å².